The lowest BCUT2D eigenvalue weighted by molar-refractivity contribution is 0.551. The molecule has 0 heterocycles. The van der Waals surface area contributed by atoms with E-state index in [-0.39, 0.29) is 0 Å². The lowest BCUT2D eigenvalue weighted by Gasteiger charge is -2.31. The number of nitrogens with one attached hydrogen (secondary N) is 1. The highest BCUT2D eigenvalue weighted by atomic mass is 35.5. The molecule has 3 heteroatoms. The SMILES string of the molecule is CCCN(c1cccc(Cl)c1CNCC(C)C)C(C)C. The van der Waals surface area contributed by atoms with Crippen molar-refractivity contribution in [3.8, 4) is 0 Å². The minimum absolute atomic E-state index is 0.484. The van der Waals surface area contributed by atoms with Crippen LogP contribution in [0.2, 0.25) is 5.02 Å². The van der Waals surface area contributed by atoms with E-state index < -0.39 is 0 Å². The van der Waals surface area contributed by atoms with Crippen molar-refractivity contribution in [2.45, 2.75) is 53.6 Å². The molecule has 0 aliphatic rings. The summed E-state index contributed by atoms with van der Waals surface area (Å²) in [5.74, 6) is 0.651. The maximum atomic E-state index is 6.43. The standard InChI is InChI=1S/C17H29ClN2/c1-6-10-20(14(4)5)17-9-7-8-16(18)15(17)12-19-11-13(2)3/h7-9,13-14,19H,6,10-12H2,1-5H3. The van der Waals surface area contributed by atoms with E-state index >= 15 is 0 Å². The number of benzene rings is 1. The zero-order chi connectivity index (χ0) is 15.1. The molecular weight excluding hydrogens is 268 g/mol. The summed E-state index contributed by atoms with van der Waals surface area (Å²) >= 11 is 6.43. The molecule has 0 unspecified atom stereocenters. The molecule has 0 spiro atoms. The first-order valence-corrected chi connectivity index (χ1v) is 8.09. The Bertz CT molecular complexity index is 402. The first-order valence-electron chi connectivity index (χ1n) is 7.72. The van der Waals surface area contributed by atoms with Crippen LogP contribution in [0, 0.1) is 5.92 Å². The molecule has 0 fully saturated rings. The van der Waals surface area contributed by atoms with Crippen molar-refractivity contribution < 1.29 is 0 Å². The molecule has 0 aliphatic heterocycles. The molecule has 20 heavy (non-hydrogen) atoms. The summed E-state index contributed by atoms with van der Waals surface area (Å²) in [7, 11) is 0. The molecule has 114 valence electrons. The fourth-order valence-corrected chi connectivity index (χ4v) is 2.61. The number of rotatable bonds is 8. The molecule has 0 bridgehead atoms. The molecule has 0 radical (unpaired) electrons. The van der Waals surface area contributed by atoms with E-state index in [1.165, 1.54) is 11.3 Å². The van der Waals surface area contributed by atoms with Gasteiger partial charge in [0.1, 0.15) is 0 Å². The lowest BCUT2D eigenvalue weighted by Crippen LogP contribution is -2.33. The fraction of sp³-hybridized carbons (Fsp3) is 0.647. The molecule has 0 aromatic heterocycles. The van der Waals surface area contributed by atoms with Gasteiger partial charge in [0.05, 0.1) is 0 Å². The Hall–Kier alpha value is -0.730. The van der Waals surface area contributed by atoms with E-state index in [9.17, 15) is 0 Å². The lowest BCUT2D eigenvalue weighted by atomic mass is 10.1. The van der Waals surface area contributed by atoms with Crippen molar-refractivity contribution in [2.24, 2.45) is 5.92 Å². The number of anilines is 1. The van der Waals surface area contributed by atoms with Gasteiger partial charge in [-0.25, -0.2) is 0 Å². The van der Waals surface area contributed by atoms with Gasteiger partial charge in [0.15, 0.2) is 0 Å². The summed E-state index contributed by atoms with van der Waals surface area (Å²) in [6, 6.07) is 6.71. The van der Waals surface area contributed by atoms with E-state index in [0.717, 1.165) is 31.1 Å². The highest BCUT2D eigenvalue weighted by molar-refractivity contribution is 6.31. The minimum Gasteiger partial charge on any atom is -0.369 e. The topological polar surface area (TPSA) is 15.3 Å². The summed E-state index contributed by atoms with van der Waals surface area (Å²) in [5, 5.41) is 4.37. The second-order valence-corrected chi connectivity index (χ2v) is 6.46. The van der Waals surface area contributed by atoms with E-state index in [1.807, 2.05) is 6.07 Å². The van der Waals surface area contributed by atoms with Crippen LogP contribution in [0.1, 0.15) is 46.6 Å². The van der Waals surface area contributed by atoms with Crippen molar-refractivity contribution in [2.75, 3.05) is 18.0 Å². The Labute approximate surface area is 129 Å². The van der Waals surface area contributed by atoms with Crippen LogP contribution in [0.25, 0.3) is 0 Å². The average molecular weight is 297 g/mol. The van der Waals surface area contributed by atoms with E-state index in [0.29, 0.717) is 12.0 Å². The van der Waals surface area contributed by atoms with Gasteiger partial charge in [0.25, 0.3) is 0 Å². The Morgan fingerprint density at radius 1 is 1.20 bits per heavy atom. The number of nitrogens with zero attached hydrogens (tertiary/aromatic N) is 1. The maximum absolute atomic E-state index is 6.43. The predicted molar refractivity (Wildman–Crippen MR) is 90.8 cm³/mol. The quantitative estimate of drug-likeness (QED) is 0.747. The van der Waals surface area contributed by atoms with Crippen LogP contribution >= 0.6 is 11.6 Å². The average Bonchev–Trinajstić information content (AvgIpc) is 2.37. The van der Waals surface area contributed by atoms with Gasteiger partial charge in [-0.05, 0) is 44.9 Å². The number of halogens is 1. The van der Waals surface area contributed by atoms with Crippen LogP contribution in [0.3, 0.4) is 0 Å². The zero-order valence-electron chi connectivity index (χ0n) is 13.5. The van der Waals surface area contributed by atoms with Gasteiger partial charge >= 0.3 is 0 Å². The Morgan fingerprint density at radius 2 is 1.90 bits per heavy atom. The van der Waals surface area contributed by atoms with Crippen LogP contribution in [-0.2, 0) is 6.54 Å². The normalized spacial score (nSPS) is 11.4. The monoisotopic (exact) mass is 296 g/mol. The van der Waals surface area contributed by atoms with Crippen LogP contribution in [0.15, 0.2) is 18.2 Å². The molecule has 0 atom stereocenters. The highest BCUT2D eigenvalue weighted by Gasteiger charge is 2.15. The van der Waals surface area contributed by atoms with E-state index in [2.05, 4.69) is 57.0 Å². The molecule has 1 aromatic rings. The van der Waals surface area contributed by atoms with Gasteiger partial charge in [-0.2, -0.15) is 0 Å². The van der Waals surface area contributed by atoms with Gasteiger partial charge < -0.3 is 10.2 Å². The molecular formula is C17H29ClN2. The summed E-state index contributed by atoms with van der Waals surface area (Å²) in [6.07, 6.45) is 1.14. The van der Waals surface area contributed by atoms with Crippen molar-refractivity contribution in [1.82, 2.24) is 5.32 Å². The largest absolute Gasteiger partial charge is 0.369 e. The van der Waals surface area contributed by atoms with Gasteiger partial charge in [-0.1, -0.05) is 38.4 Å². The summed E-state index contributed by atoms with van der Waals surface area (Å²) in [4.78, 5) is 2.44. The fourth-order valence-electron chi connectivity index (χ4n) is 2.37. The van der Waals surface area contributed by atoms with Crippen molar-refractivity contribution in [3.63, 3.8) is 0 Å². The summed E-state index contributed by atoms with van der Waals surface area (Å²) < 4.78 is 0. The highest BCUT2D eigenvalue weighted by Crippen LogP contribution is 2.29. The third kappa shape index (κ3) is 4.99. The minimum atomic E-state index is 0.484. The van der Waals surface area contributed by atoms with Gasteiger partial charge in [-0.15, -0.1) is 0 Å². The third-order valence-electron chi connectivity index (χ3n) is 3.35. The number of hydrogen-bond donors (Lipinski definition) is 1. The van der Waals surface area contributed by atoms with Gasteiger partial charge in [-0.3, -0.25) is 0 Å². The zero-order valence-corrected chi connectivity index (χ0v) is 14.3. The Balaban J connectivity index is 2.96. The third-order valence-corrected chi connectivity index (χ3v) is 3.70. The van der Waals surface area contributed by atoms with Gasteiger partial charge in [0, 0.05) is 35.4 Å². The second-order valence-electron chi connectivity index (χ2n) is 6.05. The van der Waals surface area contributed by atoms with Crippen LogP contribution in [0.4, 0.5) is 5.69 Å². The molecule has 2 nitrogen and oxygen atoms in total. The number of hydrogen-bond acceptors (Lipinski definition) is 2. The Kier molecular flexibility index (Phi) is 7.39. The van der Waals surface area contributed by atoms with E-state index in [4.69, 9.17) is 11.6 Å². The van der Waals surface area contributed by atoms with Crippen molar-refractivity contribution >= 4 is 17.3 Å². The molecule has 0 aliphatic carbocycles. The summed E-state index contributed by atoms with van der Waals surface area (Å²) in [6.45, 7) is 14.0. The van der Waals surface area contributed by atoms with Gasteiger partial charge in [0.2, 0.25) is 0 Å². The van der Waals surface area contributed by atoms with Crippen LogP contribution < -0.4 is 10.2 Å². The maximum Gasteiger partial charge on any atom is 0.0471 e. The molecule has 0 saturated heterocycles. The molecule has 1 N–H and O–H groups in total. The first kappa shape index (κ1) is 17.3. The van der Waals surface area contributed by atoms with E-state index in [1.54, 1.807) is 0 Å². The molecule has 1 aromatic carbocycles. The summed E-state index contributed by atoms with van der Waals surface area (Å²) in [5.41, 5.74) is 2.49. The Morgan fingerprint density at radius 3 is 2.45 bits per heavy atom. The van der Waals surface area contributed by atoms with Crippen LogP contribution in [0.5, 0.6) is 0 Å². The second kappa shape index (κ2) is 8.53. The molecule has 0 saturated carbocycles. The van der Waals surface area contributed by atoms with Crippen molar-refractivity contribution in [3.05, 3.63) is 28.8 Å². The molecule has 1 rings (SSSR count). The predicted octanol–water partition coefficient (Wildman–Crippen LogP) is 4.71. The smallest absolute Gasteiger partial charge is 0.0471 e. The first-order chi connectivity index (χ1) is 9.47. The van der Waals surface area contributed by atoms with Crippen LogP contribution in [-0.4, -0.2) is 19.1 Å². The molecule has 0 amide bonds. The van der Waals surface area contributed by atoms with Crippen molar-refractivity contribution in [1.29, 1.82) is 0 Å².